The van der Waals surface area contributed by atoms with Crippen molar-refractivity contribution >= 4 is 33.0 Å². The quantitative estimate of drug-likeness (QED) is 0.876. The van der Waals surface area contributed by atoms with Gasteiger partial charge in [-0.05, 0) is 24.3 Å². The van der Waals surface area contributed by atoms with E-state index in [0.717, 1.165) is 12.3 Å². The Balaban J connectivity index is 2.33. The van der Waals surface area contributed by atoms with E-state index in [1.54, 1.807) is 0 Å². The van der Waals surface area contributed by atoms with Gasteiger partial charge in [-0.25, -0.2) is 13.5 Å². The molecule has 0 radical (unpaired) electrons. The summed E-state index contributed by atoms with van der Waals surface area (Å²) in [5, 5.41) is 8.31. The Bertz CT molecular complexity index is 841. The summed E-state index contributed by atoms with van der Waals surface area (Å²) < 4.78 is 23.0. The molecule has 0 saturated carbocycles. The van der Waals surface area contributed by atoms with Gasteiger partial charge in [0.25, 0.3) is 11.5 Å². The highest BCUT2D eigenvalue weighted by atomic mass is 35.5. The smallest absolute Gasteiger partial charge is 0.276 e. The number of sulfone groups is 1. The van der Waals surface area contributed by atoms with Crippen molar-refractivity contribution in [3.8, 4) is 0 Å². The van der Waals surface area contributed by atoms with Gasteiger partial charge in [-0.1, -0.05) is 11.6 Å². The van der Waals surface area contributed by atoms with Gasteiger partial charge < -0.3 is 5.32 Å². The van der Waals surface area contributed by atoms with E-state index < -0.39 is 21.3 Å². The number of rotatable bonds is 3. The average Bonchev–Trinajstić information content (AvgIpc) is 2.40. The second kappa shape index (κ2) is 5.66. The molecule has 2 N–H and O–H groups in total. The number of aromatic amines is 1. The Hall–Kier alpha value is -2.19. The number of amides is 1. The fourth-order valence-electron chi connectivity index (χ4n) is 1.49. The normalized spacial score (nSPS) is 11.1. The molecular formula is C12H10ClN3O4S. The van der Waals surface area contributed by atoms with Gasteiger partial charge >= 0.3 is 0 Å². The number of hydrogen-bond acceptors (Lipinski definition) is 5. The van der Waals surface area contributed by atoms with E-state index in [2.05, 4.69) is 15.5 Å². The lowest BCUT2D eigenvalue weighted by atomic mass is 10.3. The minimum absolute atomic E-state index is 0.0247. The minimum atomic E-state index is -3.42. The number of nitrogens with one attached hydrogen (secondary N) is 2. The first-order valence-corrected chi connectivity index (χ1v) is 7.91. The highest BCUT2D eigenvalue weighted by Crippen LogP contribution is 2.25. The van der Waals surface area contributed by atoms with Crippen LogP contribution < -0.4 is 10.9 Å². The molecule has 2 aromatic rings. The van der Waals surface area contributed by atoms with Gasteiger partial charge in [0.05, 0.1) is 15.6 Å². The van der Waals surface area contributed by atoms with Crippen LogP contribution in [0.15, 0.2) is 40.0 Å². The lowest BCUT2D eigenvalue weighted by Gasteiger charge is -2.08. The molecule has 110 valence electrons. The number of carbonyl (C=O) groups is 1. The van der Waals surface area contributed by atoms with Crippen LogP contribution in [0.3, 0.4) is 0 Å². The fraction of sp³-hybridized carbons (Fsp3) is 0.0833. The van der Waals surface area contributed by atoms with Gasteiger partial charge in [-0.2, -0.15) is 5.10 Å². The molecule has 0 bridgehead atoms. The van der Waals surface area contributed by atoms with Crippen LogP contribution in [0.5, 0.6) is 0 Å². The molecule has 1 heterocycles. The lowest BCUT2D eigenvalue weighted by molar-refractivity contribution is 0.102. The first-order chi connectivity index (χ1) is 9.77. The summed E-state index contributed by atoms with van der Waals surface area (Å²) in [7, 11) is -3.42. The second-order valence-corrected chi connectivity index (χ2v) is 6.60. The number of anilines is 1. The fourth-order valence-corrected chi connectivity index (χ4v) is 2.30. The Labute approximate surface area is 124 Å². The monoisotopic (exact) mass is 327 g/mol. The summed E-state index contributed by atoms with van der Waals surface area (Å²) in [5.74, 6) is -0.626. The number of carbonyl (C=O) groups excluding carboxylic acids is 1. The van der Waals surface area contributed by atoms with Gasteiger partial charge in [0.1, 0.15) is 5.69 Å². The molecule has 0 unspecified atom stereocenters. The van der Waals surface area contributed by atoms with Crippen molar-refractivity contribution in [3.63, 3.8) is 0 Å². The molecule has 9 heteroatoms. The Morgan fingerprint density at radius 3 is 2.57 bits per heavy atom. The molecule has 0 aliphatic heterocycles. The molecule has 0 aliphatic carbocycles. The van der Waals surface area contributed by atoms with E-state index >= 15 is 0 Å². The zero-order chi connectivity index (χ0) is 15.6. The molecule has 0 atom stereocenters. The van der Waals surface area contributed by atoms with Gasteiger partial charge in [-0.3, -0.25) is 9.59 Å². The van der Waals surface area contributed by atoms with Crippen LogP contribution in [0.2, 0.25) is 5.02 Å². The van der Waals surface area contributed by atoms with E-state index in [-0.39, 0.29) is 21.3 Å². The van der Waals surface area contributed by atoms with Crippen LogP contribution in [0.4, 0.5) is 5.69 Å². The summed E-state index contributed by atoms with van der Waals surface area (Å²) in [4.78, 5) is 22.8. The second-order valence-electron chi connectivity index (χ2n) is 4.17. The summed E-state index contributed by atoms with van der Waals surface area (Å²) in [6.07, 6.45) is 1.05. The average molecular weight is 328 g/mol. The molecule has 1 aromatic carbocycles. The number of benzene rings is 1. The molecule has 0 spiro atoms. The topological polar surface area (TPSA) is 109 Å². The molecule has 7 nitrogen and oxygen atoms in total. The van der Waals surface area contributed by atoms with Gasteiger partial charge in [0.2, 0.25) is 0 Å². The maximum Gasteiger partial charge on any atom is 0.276 e. The van der Waals surface area contributed by atoms with E-state index in [1.165, 1.54) is 24.3 Å². The van der Waals surface area contributed by atoms with Crippen molar-refractivity contribution < 1.29 is 13.2 Å². The first-order valence-electron chi connectivity index (χ1n) is 5.64. The van der Waals surface area contributed by atoms with Crippen molar-refractivity contribution in [3.05, 3.63) is 51.4 Å². The zero-order valence-corrected chi connectivity index (χ0v) is 12.3. The third kappa shape index (κ3) is 3.67. The summed E-state index contributed by atoms with van der Waals surface area (Å²) in [6, 6.07) is 6.35. The molecule has 0 aliphatic rings. The van der Waals surface area contributed by atoms with Crippen molar-refractivity contribution in [1.29, 1.82) is 0 Å². The summed E-state index contributed by atoms with van der Waals surface area (Å²) >= 11 is 5.92. The van der Waals surface area contributed by atoms with Crippen LogP contribution >= 0.6 is 11.6 Å². The molecule has 0 fully saturated rings. The van der Waals surface area contributed by atoms with Crippen molar-refractivity contribution in [2.24, 2.45) is 0 Å². The highest BCUT2D eigenvalue weighted by molar-refractivity contribution is 7.90. The number of H-pyrrole nitrogens is 1. The highest BCUT2D eigenvalue weighted by Gasteiger charge is 2.14. The van der Waals surface area contributed by atoms with Gasteiger partial charge in [-0.15, -0.1) is 0 Å². The summed E-state index contributed by atoms with van der Waals surface area (Å²) in [5.41, 5.74) is -0.336. The van der Waals surface area contributed by atoms with E-state index in [1.807, 2.05) is 0 Å². The van der Waals surface area contributed by atoms with Crippen molar-refractivity contribution in [2.45, 2.75) is 4.90 Å². The molecule has 1 aromatic heterocycles. The Morgan fingerprint density at radius 2 is 2.00 bits per heavy atom. The predicted octanol–water partition coefficient (Wildman–Crippen LogP) is 1.08. The SMILES string of the molecule is CS(=O)(=O)c1ccc(Cl)c(NC(=O)c2ccc(=O)[nH]n2)c1. The number of aromatic nitrogens is 2. The number of hydrogen-bond donors (Lipinski definition) is 2. The first kappa shape index (κ1) is 15.2. The molecular weight excluding hydrogens is 318 g/mol. The molecule has 1 amide bonds. The van der Waals surface area contributed by atoms with Crippen LogP contribution in [0.1, 0.15) is 10.5 Å². The van der Waals surface area contributed by atoms with Crippen LogP contribution in [0.25, 0.3) is 0 Å². The van der Waals surface area contributed by atoms with Gasteiger partial charge in [0.15, 0.2) is 9.84 Å². The number of nitrogens with zero attached hydrogens (tertiary/aromatic N) is 1. The third-order valence-corrected chi connectivity index (χ3v) is 3.97. The predicted molar refractivity (Wildman–Crippen MR) is 77.4 cm³/mol. The molecule has 2 rings (SSSR count). The Morgan fingerprint density at radius 1 is 1.29 bits per heavy atom. The maximum absolute atomic E-state index is 11.9. The van der Waals surface area contributed by atoms with Crippen molar-refractivity contribution in [2.75, 3.05) is 11.6 Å². The molecule has 0 saturated heterocycles. The van der Waals surface area contributed by atoms with Crippen molar-refractivity contribution in [1.82, 2.24) is 10.2 Å². The Kier molecular flexibility index (Phi) is 4.10. The van der Waals surface area contributed by atoms with Crippen LogP contribution in [0, 0.1) is 0 Å². The maximum atomic E-state index is 11.9. The number of halogens is 1. The van der Waals surface area contributed by atoms with Crippen LogP contribution in [-0.4, -0.2) is 30.8 Å². The van der Waals surface area contributed by atoms with Gasteiger partial charge in [0, 0.05) is 12.3 Å². The largest absolute Gasteiger partial charge is 0.319 e. The third-order valence-electron chi connectivity index (χ3n) is 2.53. The van der Waals surface area contributed by atoms with Crippen LogP contribution in [-0.2, 0) is 9.84 Å². The summed E-state index contributed by atoms with van der Waals surface area (Å²) in [6.45, 7) is 0. The standard InChI is InChI=1S/C12H10ClN3O4S/c1-21(19,20)7-2-3-8(13)10(6-7)14-12(18)9-4-5-11(17)16-15-9/h2-6H,1H3,(H,14,18)(H,16,17). The lowest BCUT2D eigenvalue weighted by Crippen LogP contribution is -2.17. The minimum Gasteiger partial charge on any atom is -0.319 e. The van der Waals surface area contributed by atoms with E-state index in [4.69, 9.17) is 11.6 Å². The van der Waals surface area contributed by atoms with E-state index in [0.29, 0.717) is 0 Å². The zero-order valence-electron chi connectivity index (χ0n) is 10.8. The van der Waals surface area contributed by atoms with E-state index in [9.17, 15) is 18.0 Å². The molecule has 21 heavy (non-hydrogen) atoms.